The zero-order chi connectivity index (χ0) is 12.9. The van der Waals surface area contributed by atoms with E-state index < -0.39 is 5.60 Å². The van der Waals surface area contributed by atoms with Gasteiger partial charge in [-0.25, -0.2) is 0 Å². The normalized spacial score (nSPS) is 32.8. The van der Waals surface area contributed by atoms with Gasteiger partial charge in [0, 0.05) is 5.41 Å². The molecule has 0 unspecified atom stereocenters. The molecule has 0 atom stereocenters. The van der Waals surface area contributed by atoms with Crippen molar-refractivity contribution >= 4 is 0 Å². The second kappa shape index (κ2) is 3.71. The van der Waals surface area contributed by atoms with Crippen molar-refractivity contribution in [3.63, 3.8) is 0 Å². The minimum atomic E-state index is -0.600. The Bertz CT molecular complexity index is 284. The summed E-state index contributed by atoms with van der Waals surface area (Å²) >= 11 is 0. The molecule has 2 saturated carbocycles. The minimum Gasteiger partial charge on any atom is -0.396 e. The van der Waals surface area contributed by atoms with Crippen LogP contribution in [0.5, 0.6) is 0 Å². The van der Waals surface area contributed by atoms with E-state index in [1.807, 2.05) is 0 Å². The van der Waals surface area contributed by atoms with Gasteiger partial charge < -0.3 is 10.2 Å². The summed E-state index contributed by atoms with van der Waals surface area (Å²) in [7, 11) is 0. The van der Waals surface area contributed by atoms with Crippen molar-refractivity contribution in [2.75, 3.05) is 6.61 Å². The molecule has 0 heterocycles. The molecule has 17 heavy (non-hydrogen) atoms. The van der Waals surface area contributed by atoms with Crippen molar-refractivity contribution in [1.82, 2.24) is 0 Å². The molecule has 0 aromatic rings. The number of hydrogen-bond acceptors (Lipinski definition) is 2. The Morgan fingerprint density at radius 3 is 1.65 bits per heavy atom. The van der Waals surface area contributed by atoms with Crippen LogP contribution in [0.3, 0.4) is 0 Å². The molecule has 2 aliphatic carbocycles. The molecule has 100 valence electrons. The first kappa shape index (κ1) is 13.4. The molecule has 2 nitrogen and oxygen atoms in total. The van der Waals surface area contributed by atoms with Crippen LogP contribution in [0.1, 0.15) is 66.2 Å². The Hall–Kier alpha value is -0.0800. The van der Waals surface area contributed by atoms with Gasteiger partial charge in [-0.05, 0) is 49.4 Å². The van der Waals surface area contributed by atoms with E-state index in [-0.39, 0.29) is 22.9 Å². The van der Waals surface area contributed by atoms with Crippen molar-refractivity contribution in [2.24, 2.45) is 16.2 Å². The molecular formula is C15H28O2. The molecule has 0 bridgehead atoms. The highest BCUT2D eigenvalue weighted by Crippen LogP contribution is 2.61. The Balaban J connectivity index is 2.33. The topological polar surface area (TPSA) is 40.5 Å². The van der Waals surface area contributed by atoms with Crippen LogP contribution in [0, 0.1) is 16.2 Å². The van der Waals surface area contributed by atoms with E-state index in [9.17, 15) is 10.2 Å². The summed E-state index contributed by atoms with van der Waals surface area (Å²) < 4.78 is 0. The molecule has 2 fully saturated rings. The third-order valence-electron chi connectivity index (χ3n) is 5.06. The highest BCUT2D eigenvalue weighted by Gasteiger charge is 2.59. The van der Waals surface area contributed by atoms with E-state index in [0.29, 0.717) is 0 Å². The van der Waals surface area contributed by atoms with Crippen LogP contribution in [0.25, 0.3) is 0 Å². The van der Waals surface area contributed by atoms with Gasteiger partial charge in [-0.3, -0.25) is 0 Å². The van der Waals surface area contributed by atoms with Crippen molar-refractivity contribution in [2.45, 2.75) is 71.8 Å². The fourth-order valence-electron chi connectivity index (χ4n) is 4.95. The first-order valence-corrected chi connectivity index (χ1v) is 6.97. The summed E-state index contributed by atoms with van der Waals surface area (Å²) in [6, 6.07) is 0. The number of rotatable bonds is 2. The molecular weight excluding hydrogens is 212 g/mol. The summed E-state index contributed by atoms with van der Waals surface area (Å²) in [5, 5.41) is 20.7. The zero-order valence-corrected chi connectivity index (χ0v) is 11.8. The fraction of sp³-hybridized carbons (Fsp3) is 1.00. The van der Waals surface area contributed by atoms with Gasteiger partial charge >= 0.3 is 0 Å². The lowest BCUT2D eigenvalue weighted by atomic mass is 9.47. The Labute approximate surface area is 105 Å². The molecule has 0 amide bonds. The SMILES string of the molecule is CC1(C)CC(C)(C)CC(CO)(C2(O)CCC2)C1. The summed E-state index contributed by atoms with van der Waals surface area (Å²) in [6.07, 6.45) is 5.95. The quantitative estimate of drug-likeness (QED) is 0.778. The van der Waals surface area contributed by atoms with E-state index in [2.05, 4.69) is 27.7 Å². The molecule has 0 radical (unpaired) electrons. The maximum absolute atomic E-state index is 10.8. The fourth-order valence-corrected chi connectivity index (χ4v) is 4.95. The molecule has 0 aromatic carbocycles. The predicted molar refractivity (Wildman–Crippen MR) is 69.7 cm³/mol. The van der Waals surface area contributed by atoms with E-state index in [0.717, 1.165) is 32.1 Å². The third-order valence-corrected chi connectivity index (χ3v) is 5.06. The Kier molecular flexibility index (Phi) is 2.91. The molecule has 2 aliphatic rings. The average Bonchev–Trinajstić information content (AvgIpc) is 2.08. The monoisotopic (exact) mass is 240 g/mol. The molecule has 2 N–H and O–H groups in total. The highest BCUT2D eigenvalue weighted by atomic mass is 16.3. The maximum Gasteiger partial charge on any atom is 0.0726 e. The number of aliphatic hydroxyl groups is 2. The van der Waals surface area contributed by atoms with E-state index in [1.165, 1.54) is 6.42 Å². The minimum absolute atomic E-state index is 0.135. The van der Waals surface area contributed by atoms with Gasteiger partial charge in [-0.1, -0.05) is 27.7 Å². The van der Waals surface area contributed by atoms with Crippen molar-refractivity contribution < 1.29 is 10.2 Å². The van der Waals surface area contributed by atoms with Gasteiger partial charge in [-0.2, -0.15) is 0 Å². The van der Waals surface area contributed by atoms with Gasteiger partial charge in [0.1, 0.15) is 0 Å². The first-order valence-electron chi connectivity index (χ1n) is 6.97. The second-order valence-corrected chi connectivity index (χ2v) is 8.18. The van der Waals surface area contributed by atoms with Crippen LogP contribution in [-0.2, 0) is 0 Å². The first-order chi connectivity index (χ1) is 7.64. The van der Waals surface area contributed by atoms with Crippen molar-refractivity contribution in [1.29, 1.82) is 0 Å². The van der Waals surface area contributed by atoms with E-state index >= 15 is 0 Å². The zero-order valence-electron chi connectivity index (χ0n) is 11.8. The molecule has 0 aliphatic heterocycles. The Morgan fingerprint density at radius 2 is 1.35 bits per heavy atom. The molecule has 2 heteroatoms. The van der Waals surface area contributed by atoms with Crippen molar-refractivity contribution in [3.8, 4) is 0 Å². The van der Waals surface area contributed by atoms with Crippen LogP contribution in [0.2, 0.25) is 0 Å². The summed E-state index contributed by atoms with van der Waals surface area (Å²) in [5.74, 6) is 0. The maximum atomic E-state index is 10.8. The van der Waals surface area contributed by atoms with Gasteiger partial charge in [0.05, 0.1) is 12.2 Å². The average molecular weight is 240 g/mol. The lowest BCUT2D eigenvalue weighted by Crippen LogP contribution is -2.60. The van der Waals surface area contributed by atoms with Crippen LogP contribution in [0.15, 0.2) is 0 Å². The van der Waals surface area contributed by atoms with Crippen LogP contribution < -0.4 is 0 Å². The third kappa shape index (κ3) is 2.15. The standard InChI is InChI=1S/C15H28O2/c1-12(2)8-13(3,4)10-14(9-12,11-16)15(17)6-5-7-15/h16-17H,5-11H2,1-4H3. The summed E-state index contributed by atoms with van der Waals surface area (Å²) in [5.41, 5.74) is -0.432. The lowest BCUT2D eigenvalue weighted by molar-refractivity contribution is -0.204. The Morgan fingerprint density at radius 1 is 0.882 bits per heavy atom. The molecule has 2 rings (SSSR count). The molecule has 0 saturated heterocycles. The van der Waals surface area contributed by atoms with Crippen molar-refractivity contribution in [3.05, 3.63) is 0 Å². The summed E-state index contributed by atoms with van der Waals surface area (Å²) in [4.78, 5) is 0. The molecule has 0 aromatic heterocycles. The summed E-state index contributed by atoms with van der Waals surface area (Å²) in [6.45, 7) is 9.25. The highest BCUT2D eigenvalue weighted by molar-refractivity contribution is 5.10. The number of aliphatic hydroxyl groups excluding tert-OH is 1. The van der Waals surface area contributed by atoms with Gasteiger partial charge in [0.15, 0.2) is 0 Å². The van der Waals surface area contributed by atoms with Crippen LogP contribution in [0.4, 0.5) is 0 Å². The lowest BCUT2D eigenvalue weighted by Gasteiger charge is -2.60. The second-order valence-electron chi connectivity index (χ2n) is 8.18. The smallest absolute Gasteiger partial charge is 0.0726 e. The van der Waals surface area contributed by atoms with Crippen LogP contribution >= 0.6 is 0 Å². The van der Waals surface area contributed by atoms with Gasteiger partial charge in [0.25, 0.3) is 0 Å². The number of hydrogen-bond donors (Lipinski definition) is 2. The van der Waals surface area contributed by atoms with E-state index in [1.54, 1.807) is 0 Å². The van der Waals surface area contributed by atoms with Crippen LogP contribution in [-0.4, -0.2) is 22.4 Å². The van der Waals surface area contributed by atoms with Gasteiger partial charge in [0.2, 0.25) is 0 Å². The predicted octanol–water partition coefficient (Wildman–Crippen LogP) is 3.12. The molecule has 0 spiro atoms. The largest absolute Gasteiger partial charge is 0.396 e. The van der Waals surface area contributed by atoms with Gasteiger partial charge in [-0.15, -0.1) is 0 Å². The van der Waals surface area contributed by atoms with E-state index in [4.69, 9.17) is 0 Å².